The summed E-state index contributed by atoms with van der Waals surface area (Å²) in [5.41, 5.74) is 7.20. The van der Waals surface area contributed by atoms with Crippen molar-refractivity contribution in [3.05, 3.63) is 28.7 Å². The van der Waals surface area contributed by atoms with Crippen molar-refractivity contribution in [3.63, 3.8) is 0 Å². The molecule has 1 amide bonds. The molecular weight excluding hydrogens is 232 g/mol. The number of hydrogen-bond acceptors (Lipinski definition) is 3. The highest BCUT2D eigenvalue weighted by atomic mass is 16.2. The summed E-state index contributed by atoms with van der Waals surface area (Å²) < 4.78 is 0. The number of aromatic amines is 2. The Morgan fingerprint density at radius 2 is 2.11 bits per heavy atom. The maximum absolute atomic E-state index is 11.8. The van der Waals surface area contributed by atoms with Crippen LogP contribution in [0.2, 0.25) is 0 Å². The summed E-state index contributed by atoms with van der Waals surface area (Å²) in [6.45, 7) is 2.32. The predicted octanol–water partition coefficient (Wildman–Crippen LogP) is 0.780. The van der Waals surface area contributed by atoms with Crippen LogP contribution in [-0.2, 0) is 4.79 Å². The van der Waals surface area contributed by atoms with Crippen LogP contribution in [0, 0.1) is 5.92 Å². The van der Waals surface area contributed by atoms with Crippen LogP contribution in [-0.4, -0.2) is 22.4 Å². The summed E-state index contributed by atoms with van der Waals surface area (Å²) in [5.74, 6) is -0.200. The fourth-order valence-electron chi connectivity index (χ4n) is 1.76. The molecule has 0 aliphatic carbocycles. The second-order valence-corrected chi connectivity index (χ2v) is 4.31. The summed E-state index contributed by atoms with van der Waals surface area (Å²) >= 11 is 0. The van der Waals surface area contributed by atoms with Gasteiger partial charge in [0, 0.05) is 11.6 Å². The Kier molecular flexibility index (Phi) is 3.47. The van der Waals surface area contributed by atoms with Crippen LogP contribution < -0.4 is 16.7 Å². The average molecular weight is 248 g/mol. The van der Waals surface area contributed by atoms with E-state index in [4.69, 9.17) is 5.73 Å². The highest BCUT2D eigenvalue weighted by molar-refractivity contribution is 5.94. The molecule has 0 spiro atoms. The summed E-state index contributed by atoms with van der Waals surface area (Å²) in [4.78, 5) is 28.2. The minimum atomic E-state index is -0.259. The van der Waals surface area contributed by atoms with Gasteiger partial charge in [0.15, 0.2) is 0 Å². The van der Waals surface area contributed by atoms with Crippen molar-refractivity contribution in [1.82, 2.24) is 9.97 Å². The van der Waals surface area contributed by atoms with Gasteiger partial charge in [-0.3, -0.25) is 4.79 Å². The van der Waals surface area contributed by atoms with Gasteiger partial charge in [-0.1, -0.05) is 6.92 Å². The van der Waals surface area contributed by atoms with Crippen molar-refractivity contribution in [2.75, 3.05) is 11.9 Å². The number of rotatable bonds is 4. The van der Waals surface area contributed by atoms with E-state index in [-0.39, 0.29) is 17.5 Å². The molecule has 6 heteroatoms. The van der Waals surface area contributed by atoms with Gasteiger partial charge in [-0.25, -0.2) is 4.79 Å². The third kappa shape index (κ3) is 2.60. The van der Waals surface area contributed by atoms with Gasteiger partial charge in [-0.15, -0.1) is 0 Å². The fourth-order valence-corrected chi connectivity index (χ4v) is 1.76. The number of nitrogens with two attached hydrogens (primary N) is 1. The molecule has 1 aromatic heterocycles. The minimum Gasteiger partial charge on any atom is -0.330 e. The standard InChI is InChI=1S/C12H16N4O2/c1-7(4-5-13)11(17)14-8-2-3-9-10(6-8)16-12(18)15-9/h2-3,6-7H,4-5,13H2,1H3,(H,14,17)(H2,15,16,18). The summed E-state index contributed by atoms with van der Waals surface area (Å²) in [6.07, 6.45) is 0.648. The average Bonchev–Trinajstić information content (AvgIpc) is 2.68. The second kappa shape index (κ2) is 5.05. The lowest BCUT2D eigenvalue weighted by molar-refractivity contribution is -0.119. The van der Waals surface area contributed by atoms with E-state index in [1.165, 1.54) is 0 Å². The molecule has 0 aliphatic rings. The normalized spacial score (nSPS) is 12.6. The van der Waals surface area contributed by atoms with E-state index < -0.39 is 0 Å². The van der Waals surface area contributed by atoms with E-state index in [0.717, 1.165) is 0 Å². The summed E-state index contributed by atoms with van der Waals surface area (Å²) in [5, 5.41) is 2.80. The molecule has 0 saturated heterocycles. The van der Waals surface area contributed by atoms with E-state index in [1.54, 1.807) is 18.2 Å². The van der Waals surface area contributed by atoms with Crippen molar-refractivity contribution in [2.45, 2.75) is 13.3 Å². The zero-order chi connectivity index (χ0) is 13.1. The first-order valence-corrected chi connectivity index (χ1v) is 5.83. The third-order valence-corrected chi connectivity index (χ3v) is 2.83. The Morgan fingerprint density at radius 3 is 2.83 bits per heavy atom. The maximum atomic E-state index is 11.8. The first-order valence-electron chi connectivity index (χ1n) is 5.83. The molecule has 1 aromatic carbocycles. The van der Waals surface area contributed by atoms with Crippen molar-refractivity contribution in [2.24, 2.45) is 11.7 Å². The lowest BCUT2D eigenvalue weighted by Crippen LogP contribution is -2.22. The largest absolute Gasteiger partial charge is 0.330 e. The predicted molar refractivity (Wildman–Crippen MR) is 70.4 cm³/mol. The third-order valence-electron chi connectivity index (χ3n) is 2.83. The molecule has 1 atom stereocenters. The van der Waals surface area contributed by atoms with E-state index in [1.807, 2.05) is 6.92 Å². The van der Waals surface area contributed by atoms with Gasteiger partial charge in [-0.05, 0) is 31.2 Å². The molecular formula is C12H16N4O2. The summed E-state index contributed by atoms with van der Waals surface area (Å²) in [7, 11) is 0. The number of H-pyrrole nitrogens is 2. The molecule has 0 saturated carbocycles. The molecule has 2 rings (SSSR count). The van der Waals surface area contributed by atoms with E-state index in [2.05, 4.69) is 15.3 Å². The number of hydrogen-bond donors (Lipinski definition) is 4. The molecule has 18 heavy (non-hydrogen) atoms. The van der Waals surface area contributed by atoms with Gasteiger partial charge in [-0.2, -0.15) is 0 Å². The van der Waals surface area contributed by atoms with E-state index >= 15 is 0 Å². The number of carbonyl (C=O) groups is 1. The quantitative estimate of drug-likeness (QED) is 0.642. The summed E-state index contributed by atoms with van der Waals surface area (Å²) in [6, 6.07) is 5.22. The Labute approximate surface area is 104 Å². The first-order chi connectivity index (χ1) is 8.60. The Bertz CT molecular complexity index is 614. The smallest absolute Gasteiger partial charge is 0.323 e. The van der Waals surface area contributed by atoms with E-state index in [9.17, 15) is 9.59 Å². The van der Waals surface area contributed by atoms with Crippen LogP contribution in [0.5, 0.6) is 0 Å². The zero-order valence-electron chi connectivity index (χ0n) is 10.1. The van der Waals surface area contributed by atoms with Gasteiger partial charge in [0.1, 0.15) is 0 Å². The Balaban J connectivity index is 2.16. The van der Waals surface area contributed by atoms with Gasteiger partial charge >= 0.3 is 5.69 Å². The van der Waals surface area contributed by atoms with Crippen LogP contribution in [0.1, 0.15) is 13.3 Å². The number of fused-ring (bicyclic) bond motifs is 1. The zero-order valence-corrected chi connectivity index (χ0v) is 10.1. The monoisotopic (exact) mass is 248 g/mol. The van der Waals surface area contributed by atoms with Crippen molar-refractivity contribution >= 4 is 22.6 Å². The number of benzene rings is 1. The van der Waals surface area contributed by atoms with Crippen LogP contribution in [0.3, 0.4) is 0 Å². The highest BCUT2D eigenvalue weighted by Gasteiger charge is 2.12. The molecule has 0 aliphatic heterocycles. The number of nitrogens with one attached hydrogen (secondary N) is 3. The molecule has 5 N–H and O–H groups in total. The van der Waals surface area contributed by atoms with Crippen LogP contribution in [0.15, 0.2) is 23.0 Å². The molecule has 1 unspecified atom stereocenters. The van der Waals surface area contributed by atoms with Gasteiger partial charge in [0.2, 0.25) is 5.91 Å². The topological polar surface area (TPSA) is 104 Å². The van der Waals surface area contributed by atoms with Crippen LogP contribution >= 0.6 is 0 Å². The maximum Gasteiger partial charge on any atom is 0.323 e. The van der Waals surface area contributed by atoms with Gasteiger partial charge in [0.05, 0.1) is 11.0 Å². The number of imidazole rings is 1. The Hall–Kier alpha value is -2.08. The molecule has 96 valence electrons. The van der Waals surface area contributed by atoms with Crippen molar-refractivity contribution in [3.8, 4) is 0 Å². The number of aromatic nitrogens is 2. The number of carbonyl (C=O) groups excluding carboxylic acids is 1. The van der Waals surface area contributed by atoms with Crippen molar-refractivity contribution < 1.29 is 4.79 Å². The Morgan fingerprint density at radius 1 is 1.39 bits per heavy atom. The van der Waals surface area contributed by atoms with Crippen LogP contribution in [0.25, 0.3) is 11.0 Å². The molecule has 0 radical (unpaired) electrons. The van der Waals surface area contributed by atoms with E-state index in [0.29, 0.717) is 29.7 Å². The second-order valence-electron chi connectivity index (χ2n) is 4.31. The lowest BCUT2D eigenvalue weighted by Gasteiger charge is -2.10. The molecule has 1 heterocycles. The minimum absolute atomic E-state index is 0.0716. The van der Waals surface area contributed by atoms with Crippen LogP contribution in [0.4, 0.5) is 5.69 Å². The lowest BCUT2D eigenvalue weighted by atomic mass is 10.1. The fraction of sp³-hybridized carbons (Fsp3) is 0.333. The SMILES string of the molecule is CC(CCN)C(=O)Nc1ccc2[nH]c(=O)[nH]c2c1. The highest BCUT2D eigenvalue weighted by Crippen LogP contribution is 2.15. The van der Waals surface area contributed by atoms with Crippen molar-refractivity contribution in [1.29, 1.82) is 0 Å². The molecule has 0 fully saturated rings. The molecule has 0 bridgehead atoms. The number of anilines is 1. The first kappa shape index (κ1) is 12.4. The van der Waals surface area contributed by atoms with Gasteiger partial charge < -0.3 is 21.0 Å². The molecule has 2 aromatic rings. The number of amides is 1. The van der Waals surface area contributed by atoms with Gasteiger partial charge in [0.25, 0.3) is 0 Å². The molecule has 6 nitrogen and oxygen atoms in total.